The lowest BCUT2D eigenvalue weighted by atomic mass is 10.1. The van der Waals surface area contributed by atoms with Gasteiger partial charge in [-0.1, -0.05) is 19.1 Å². The molecule has 1 aliphatic carbocycles. The predicted molar refractivity (Wildman–Crippen MR) is 120 cm³/mol. The van der Waals surface area contributed by atoms with Gasteiger partial charge in [-0.25, -0.2) is 4.39 Å². The summed E-state index contributed by atoms with van der Waals surface area (Å²) >= 11 is 0. The molecule has 1 fully saturated rings. The Hall–Kier alpha value is -2.94. The van der Waals surface area contributed by atoms with E-state index in [1.54, 1.807) is 12.1 Å². The van der Waals surface area contributed by atoms with Crippen LogP contribution in [0.5, 0.6) is 5.75 Å². The van der Waals surface area contributed by atoms with E-state index in [9.17, 15) is 4.39 Å². The van der Waals surface area contributed by atoms with Crippen molar-refractivity contribution in [2.24, 2.45) is 0 Å². The van der Waals surface area contributed by atoms with Crippen LogP contribution < -0.4 is 20.7 Å². The second-order valence-electron chi connectivity index (χ2n) is 7.94. The molecule has 2 aliphatic rings. The minimum Gasteiger partial charge on any atom is -0.494 e. The van der Waals surface area contributed by atoms with Gasteiger partial charge in [0.2, 0.25) is 17.8 Å². The third-order valence-electron chi connectivity index (χ3n) is 6.01. The maximum absolute atomic E-state index is 14.1. The molecule has 0 radical (unpaired) electrons. The number of benzene rings is 1. The van der Waals surface area contributed by atoms with E-state index in [4.69, 9.17) is 10.5 Å². The Labute approximate surface area is 182 Å². The largest absolute Gasteiger partial charge is 0.494 e. The van der Waals surface area contributed by atoms with Gasteiger partial charge in [-0.05, 0) is 50.9 Å². The highest BCUT2D eigenvalue weighted by Crippen LogP contribution is 2.27. The average molecular weight is 428 g/mol. The topological polar surface area (TPSA) is 92.4 Å². The molecule has 2 atom stereocenters. The Morgan fingerprint density at radius 2 is 2.16 bits per heavy atom. The molecule has 1 aromatic carbocycles. The minimum atomic E-state index is -0.464. The molecule has 31 heavy (non-hydrogen) atoms. The Kier molecular flexibility index (Phi) is 6.50. The van der Waals surface area contributed by atoms with Gasteiger partial charge in [0.1, 0.15) is 0 Å². The zero-order valence-corrected chi connectivity index (χ0v) is 18.1. The molecule has 2 heterocycles. The van der Waals surface area contributed by atoms with Crippen LogP contribution in [0.2, 0.25) is 0 Å². The van der Waals surface area contributed by atoms with E-state index in [1.165, 1.54) is 19.6 Å². The molecule has 3 N–H and O–H groups in total. The van der Waals surface area contributed by atoms with Crippen LogP contribution in [0, 0.1) is 5.82 Å². The van der Waals surface area contributed by atoms with E-state index < -0.39 is 5.82 Å². The number of nitrogens with one attached hydrogen (secondary N) is 1. The van der Waals surface area contributed by atoms with Crippen molar-refractivity contribution < 1.29 is 9.13 Å². The quantitative estimate of drug-likeness (QED) is 0.620. The van der Waals surface area contributed by atoms with E-state index in [-0.39, 0.29) is 23.7 Å². The number of likely N-dealkylation sites (tertiary alicyclic amines) is 1. The lowest BCUT2D eigenvalue weighted by Gasteiger charge is -2.33. The first-order valence-corrected chi connectivity index (χ1v) is 10.9. The number of nitrogens with zero attached hydrogens (tertiary/aromatic N) is 5. The van der Waals surface area contributed by atoms with E-state index in [1.807, 2.05) is 0 Å². The van der Waals surface area contributed by atoms with E-state index in [2.05, 4.69) is 49.1 Å². The van der Waals surface area contributed by atoms with E-state index in [0.29, 0.717) is 17.7 Å². The van der Waals surface area contributed by atoms with E-state index in [0.717, 1.165) is 38.9 Å². The van der Waals surface area contributed by atoms with Crippen molar-refractivity contribution >= 4 is 23.5 Å². The maximum Gasteiger partial charge on any atom is 0.233 e. The molecule has 8 nitrogen and oxygen atoms in total. The summed E-state index contributed by atoms with van der Waals surface area (Å²) in [6, 6.07) is 5.29. The number of methoxy groups -OCH3 is 1. The van der Waals surface area contributed by atoms with Crippen molar-refractivity contribution in [1.29, 1.82) is 0 Å². The van der Waals surface area contributed by atoms with Gasteiger partial charge >= 0.3 is 0 Å². The molecular weight excluding hydrogens is 397 g/mol. The highest BCUT2D eigenvalue weighted by atomic mass is 19.1. The number of nitrogens with two attached hydrogens (primary N) is 1. The molecule has 1 aromatic heterocycles. The summed E-state index contributed by atoms with van der Waals surface area (Å²) in [5.41, 5.74) is 6.54. The van der Waals surface area contributed by atoms with Gasteiger partial charge in [-0.15, -0.1) is 0 Å². The van der Waals surface area contributed by atoms with Crippen molar-refractivity contribution in [1.82, 2.24) is 19.9 Å². The predicted octanol–water partition coefficient (Wildman–Crippen LogP) is 3.35. The summed E-state index contributed by atoms with van der Waals surface area (Å²) in [5, 5.41) is 3.04. The smallest absolute Gasteiger partial charge is 0.233 e. The molecule has 4 rings (SSSR count). The second-order valence-corrected chi connectivity index (χ2v) is 7.94. The van der Waals surface area contributed by atoms with Gasteiger partial charge in [0.15, 0.2) is 11.6 Å². The lowest BCUT2D eigenvalue weighted by Crippen LogP contribution is -2.45. The van der Waals surface area contributed by atoms with E-state index >= 15 is 0 Å². The summed E-state index contributed by atoms with van der Waals surface area (Å²) in [6.45, 7) is 5.21. The highest BCUT2D eigenvalue weighted by molar-refractivity contribution is 5.57. The molecule has 2 unspecified atom stereocenters. The van der Waals surface area contributed by atoms with Gasteiger partial charge < -0.3 is 20.7 Å². The Balaban J connectivity index is 1.60. The summed E-state index contributed by atoms with van der Waals surface area (Å²) in [6.07, 6.45) is 8.86. The summed E-state index contributed by atoms with van der Waals surface area (Å²) in [7, 11) is 1.43. The molecule has 166 valence electrons. The first kappa shape index (κ1) is 21.3. The van der Waals surface area contributed by atoms with Crippen LogP contribution in [0.15, 0.2) is 30.4 Å². The van der Waals surface area contributed by atoms with Crippen LogP contribution >= 0.6 is 0 Å². The Morgan fingerprint density at radius 1 is 1.29 bits per heavy atom. The van der Waals surface area contributed by atoms with Gasteiger partial charge in [-0.2, -0.15) is 15.0 Å². The fourth-order valence-corrected chi connectivity index (χ4v) is 4.43. The van der Waals surface area contributed by atoms with Gasteiger partial charge in [0.05, 0.1) is 13.2 Å². The minimum absolute atomic E-state index is 0.132. The van der Waals surface area contributed by atoms with Gasteiger partial charge in [-0.3, -0.25) is 4.90 Å². The van der Waals surface area contributed by atoms with Crippen LogP contribution in [-0.4, -0.2) is 58.7 Å². The highest BCUT2D eigenvalue weighted by Gasteiger charge is 2.30. The fraction of sp³-hybridized carbons (Fsp3) is 0.500. The second kappa shape index (κ2) is 9.47. The number of aromatic nitrogens is 3. The first-order chi connectivity index (χ1) is 15.1. The third-order valence-corrected chi connectivity index (χ3v) is 6.01. The van der Waals surface area contributed by atoms with Crippen molar-refractivity contribution in [3.8, 4) is 5.75 Å². The molecule has 0 bridgehead atoms. The number of hydrogen-bond donors (Lipinski definition) is 2. The van der Waals surface area contributed by atoms with Crippen molar-refractivity contribution in [2.75, 3.05) is 42.7 Å². The number of hydrogen-bond acceptors (Lipinski definition) is 8. The molecule has 1 aliphatic heterocycles. The standard InChI is InChI=1S/C22H30FN7O/c1-3-29-12-6-9-17(29)14-30(16-7-4-5-8-16)22-27-20(24)26-21(28-22)25-15-10-11-19(31-2)18(23)13-15/h4,7,10-11,13,16-17H,3,5-6,8-9,12,14H2,1-2H3,(H3,24,25,26,27,28). The van der Waals surface area contributed by atoms with Crippen molar-refractivity contribution in [2.45, 2.75) is 44.7 Å². The van der Waals surface area contributed by atoms with Crippen LogP contribution in [-0.2, 0) is 0 Å². The Bertz CT molecular complexity index is 938. The zero-order valence-electron chi connectivity index (χ0n) is 18.1. The number of nitrogen functional groups attached to an aromatic ring is 1. The molecule has 0 spiro atoms. The Morgan fingerprint density at radius 3 is 2.87 bits per heavy atom. The number of anilines is 4. The number of likely N-dealkylation sites (N-methyl/N-ethyl adjacent to an activating group) is 1. The van der Waals surface area contributed by atoms with Gasteiger partial charge in [0, 0.05) is 24.3 Å². The molecule has 9 heteroatoms. The van der Waals surface area contributed by atoms with Crippen LogP contribution in [0.4, 0.5) is 27.9 Å². The molecule has 0 saturated carbocycles. The first-order valence-electron chi connectivity index (χ1n) is 10.9. The SMILES string of the molecule is CCN1CCCC1CN(c1nc(N)nc(Nc2ccc(OC)c(F)c2)n1)C1C=CCC1. The van der Waals surface area contributed by atoms with Gasteiger partial charge in [0.25, 0.3) is 0 Å². The summed E-state index contributed by atoms with van der Waals surface area (Å²) in [4.78, 5) is 18.1. The molecule has 0 amide bonds. The number of ether oxygens (including phenoxy) is 1. The van der Waals surface area contributed by atoms with Crippen LogP contribution in [0.25, 0.3) is 0 Å². The number of halogens is 1. The monoisotopic (exact) mass is 427 g/mol. The summed E-state index contributed by atoms with van der Waals surface area (Å²) < 4.78 is 19.1. The third kappa shape index (κ3) is 4.87. The lowest BCUT2D eigenvalue weighted by molar-refractivity contribution is 0.266. The average Bonchev–Trinajstić information content (AvgIpc) is 3.43. The van der Waals surface area contributed by atoms with Crippen LogP contribution in [0.3, 0.4) is 0 Å². The van der Waals surface area contributed by atoms with Crippen LogP contribution in [0.1, 0.15) is 32.6 Å². The number of allylic oxidation sites excluding steroid dienone is 1. The van der Waals surface area contributed by atoms with Crippen molar-refractivity contribution in [3.63, 3.8) is 0 Å². The molecule has 2 aromatic rings. The maximum atomic E-state index is 14.1. The number of rotatable bonds is 8. The van der Waals surface area contributed by atoms with Crippen molar-refractivity contribution in [3.05, 3.63) is 36.2 Å². The summed E-state index contributed by atoms with van der Waals surface area (Å²) in [5.74, 6) is 0.680. The zero-order chi connectivity index (χ0) is 21.8. The normalized spacial score (nSPS) is 20.9. The molecule has 1 saturated heterocycles. The fourth-order valence-electron chi connectivity index (χ4n) is 4.43. The molecular formula is C22H30FN7O.